The van der Waals surface area contributed by atoms with Gasteiger partial charge in [0.15, 0.2) is 0 Å². The maximum atomic E-state index is 9.10. The highest BCUT2D eigenvalue weighted by Crippen LogP contribution is 2.23. The van der Waals surface area contributed by atoms with Crippen molar-refractivity contribution in [3.63, 3.8) is 0 Å². The number of hydrogen-bond acceptors (Lipinski definition) is 7. The van der Waals surface area contributed by atoms with Crippen molar-refractivity contribution < 1.29 is 0 Å². The predicted molar refractivity (Wildman–Crippen MR) is 83.6 cm³/mol. The molecule has 0 amide bonds. The van der Waals surface area contributed by atoms with E-state index >= 15 is 0 Å². The number of rotatable bonds is 5. The number of nitrogens with two attached hydrogens (primary N) is 1. The van der Waals surface area contributed by atoms with Crippen LogP contribution in [0.3, 0.4) is 0 Å². The summed E-state index contributed by atoms with van der Waals surface area (Å²) in [4.78, 5) is 6.15. The molecular formula is C14H18ClN7. The lowest BCUT2D eigenvalue weighted by Gasteiger charge is -2.21. The summed E-state index contributed by atoms with van der Waals surface area (Å²) in [6.07, 6.45) is 2.85. The van der Waals surface area contributed by atoms with Gasteiger partial charge in [0.1, 0.15) is 11.9 Å². The van der Waals surface area contributed by atoms with Gasteiger partial charge in [-0.2, -0.15) is 10.5 Å². The van der Waals surface area contributed by atoms with Crippen LogP contribution >= 0.6 is 11.6 Å². The highest BCUT2D eigenvalue weighted by molar-refractivity contribution is 6.33. The van der Waals surface area contributed by atoms with E-state index in [2.05, 4.69) is 21.9 Å². The quantitative estimate of drug-likeness (QED) is 0.732. The Bertz CT molecular complexity index is 606. The Morgan fingerprint density at radius 3 is 2.86 bits per heavy atom. The standard InChI is InChI=1S/C14H18ClN7/c1-22(14-11(15)5-9(6-16)8-19-14)4-2-3-12-10(7-17)13(18)21-20-12/h5,8,10,12-13,20-21H,2-4,18H2,1H3. The molecule has 0 radical (unpaired) electrons. The molecule has 0 bridgehead atoms. The van der Waals surface area contributed by atoms with Crippen molar-refractivity contribution in [2.45, 2.75) is 25.0 Å². The van der Waals surface area contributed by atoms with Crippen LogP contribution in [0.15, 0.2) is 12.3 Å². The van der Waals surface area contributed by atoms with E-state index in [0.29, 0.717) is 16.4 Å². The molecule has 3 atom stereocenters. The van der Waals surface area contributed by atoms with Crippen LogP contribution in [0.5, 0.6) is 0 Å². The van der Waals surface area contributed by atoms with E-state index < -0.39 is 0 Å². The lowest BCUT2D eigenvalue weighted by atomic mass is 9.97. The molecule has 0 aromatic carbocycles. The number of anilines is 1. The van der Waals surface area contributed by atoms with Gasteiger partial charge in [-0.1, -0.05) is 11.6 Å². The SMILES string of the molecule is CN(CCCC1NNC(N)C1C#N)c1ncc(C#N)cc1Cl. The summed E-state index contributed by atoms with van der Waals surface area (Å²) in [5.74, 6) is 0.411. The van der Waals surface area contributed by atoms with Crippen LogP contribution < -0.4 is 21.5 Å². The number of hydrogen-bond donors (Lipinski definition) is 3. The molecule has 116 valence electrons. The van der Waals surface area contributed by atoms with Gasteiger partial charge in [0, 0.05) is 25.8 Å². The Hall–Kier alpha value is -1.90. The zero-order valence-corrected chi connectivity index (χ0v) is 13.0. The van der Waals surface area contributed by atoms with Gasteiger partial charge in [-0.15, -0.1) is 0 Å². The van der Waals surface area contributed by atoms with Crippen molar-refractivity contribution in [1.82, 2.24) is 15.8 Å². The highest BCUT2D eigenvalue weighted by Gasteiger charge is 2.32. The molecule has 0 aliphatic carbocycles. The Labute approximate surface area is 134 Å². The van der Waals surface area contributed by atoms with E-state index in [1.165, 1.54) is 6.20 Å². The smallest absolute Gasteiger partial charge is 0.147 e. The molecule has 1 aliphatic heterocycles. The van der Waals surface area contributed by atoms with Crippen LogP contribution in [0.25, 0.3) is 0 Å². The third-order valence-corrected chi connectivity index (χ3v) is 4.00. The molecule has 0 saturated carbocycles. The second kappa shape index (κ2) is 7.39. The Balaban J connectivity index is 1.87. The summed E-state index contributed by atoms with van der Waals surface area (Å²) >= 11 is 6.14. The number of halogens is 1. The monoisotopic (exact) mass is 319 g/mol. The number of aromatic nitrogens is 1. The summed E-state index contributed by atoms with van der Waals surface area (Å²) in [7, 11) is 1.90. The van der Waals surface area contributed by atoms with Gasteiger partial charge in [-0.05, 0) is 18.9 Å². The van der Waals surface area contributed by atoms with Crippen molar-refractivity contribution in [3.05, 3.63) is 22.8 Å². The van der Waals surface area contributed by atoms with Gasteiger partial charge >= 0.3 is 0 Å². The molecule has 1 aliphatic rings. The first-order valence-electron chi connectivity index (χ1n) is 7.00. The Kier molecular flexibility index (Phi) is 5.53. The van der Waals surface area contributed by atoms with E-state index in [1.807, 2.05) is 18.0 Å². The molecule has 1 saturated heterocycles. The number of nitrogens with zero attached hydrogens (tertiary/aromatic N) is 4. The van der Waals surface area contributed by atoms with E-state index in [1.54, 1.807) is 6.07 Å². The summed E-state index contributed by atoms with van der Waals surface area (Å²) in [6.45, 7) is 0.740. The molecule has 2 heterocycles. The van der Waals surface area contributed by atoms with Crippen molar-refractivity contribution in [2.75, 3.05) is 18.5 Å². The van der Waals surface area contributed by atoms with Crippen LogP contribution in [0, 0.1) is 28.6 Å². The van der Waals surface area contributed by atoms with E-state index in [9.17, 15) is 0 Å². The fraction of sp³-hybridized carbons (Fsp3) is 0.500. The Morgan fingerprint density at radius 2 is 2.23 bits per heavy atom. The van der Waals surface area contributed by atoms with Gasteiger partial charge < -0.3 is 10.6 Å². The Morgan fingerprint density at radius 1 is 1.45 bits per heavy atom. The molecule has 1 fully saturated rings. The van der Waals surface area contributed by atoms with Crippen molar-refractivity contribution in [3.8, 4) is 12.1 Å². The zero-order valence-electron chi connectivity index (χ0n) is 12.3. The third kappa shape index (κ3) is 3.65. The zero-order chi connectivity index (χ0) is 16.1. The molecule has 1 aromatic rings. The average Bonchev–Trinajstić information content (AvgIpc) is 2.87. The van der Waals surface area contributed by atoms with Gasteiger partial charge in [-0.3, -0.25) is 5.43 Å². The van der Waals surface area contributed by atoms with E-state index in [-0.39, 0.29) is 18.1 Å². The molecule has 4 N–H and O–H groups in total. The lowest BCUT2D eigenvalue weighted by molar-refractivity contribution is 0.463. The van der Waals surface area contributed by atoms with Crippen molar-refractivity contribution >= 4 is 17.4 Å². The summed E-state index contributed by atoms with van der Waals surface area (Å²) in [6, 6.07) is 5.88. The maximum Gasteiger partial charge on any atom is 0.147 e. The van der Waals surface area contributed by atoms with Gasteiger partial charge in [0.2, 0.25) is 0 Å². The molecule has 22 heavy (non-hydrogen) atoms. The molecular weight excluding hydrogens is 302 g/mol. The molecule has 3 unspecified atom stereocenters. The second-order valence-corrected chi connectivity index (χ2v) is 5.69. The third-order valence-electron chi connectivity index (χ3n) is 3.73. The van der Waals surface area contributed by atoms with Gasteiger partial charge in [0.25, 0.3) is 0 Å². The molecule has 7 nitrogen and oxygen atoms in total. The first-order valence-corrected chi connectivity index (χ1v) is 7.37. The van der Waals surface area contributed by atoms with Crippen LogP contribution in [0.2, 0.25) is 5.02 Å². The minimum atomic E-state index is -0.331. The van der Waals surface area contributed by atoms with Crippen LogP contribution in [-0.4, -0.2) is 30.8 Å². The van der Waals surface area contributed by atoms with E-state index in [4.69, 9.17) is 27.9 Å². The fourth-order valence-electron chi connectivity index (χ4n) is 2.48. The lowest BCUT2D eigenvalue weighted by Crippen LogP contribution is -2.38. The predicted octanol–water partition coefficient (Wildman–Crippen LogP) is 0.724. The van der Waals surface area contributed by atoms with Gasteiger partial charge in [0.05, 0.1) is 28.7 Å². The van der Waals surface area contributed by atoms with Gasteiger partial charge in [-0.25, -0.2) is 10.4 Å². The summed E-state index contributed by atoms with van der Waals surface area (Å²) in [5, 5.41) is 18.4. The van der Waals surface area contributed by atoms with Crippen molar-refractivity contribution in [1.29, 1.82) is 10.5 Å². The van der Waals surface area contributed by atoms with Crippen LogP contribution in [-0.2, 0) is 0 Å². The van der Waals surface area contributed by atoms with Crippen LogP contribution in [0.4, 0.5) is 5.82 Å². The number of nitriles is 2. The number of nitrogens with one attached hydrogen (secondary N) is 2. The largest absolute Gasteiger partial charge is 0.358 e. The normalized spacial score (nSPS) is 23.8. The maximum absolute atomic E-state index is 9.10. The molecule has 2 rings (SSSR count). The highest BCUT2D eigenvalue weighted by atomic mass is 35.5. The van der Waals surface area contributed by atoms with Crippen LogP contribution in [0.1, 0.15) is 18.4 Å². The fourth-order valence-corrected chi connectivity index (χ4v) is 2.79. The second-order valence-electron chi connectivity index (χ2n) is 5.28. The van der Waals surface area contributed by atoms with Crippen molar-refractivity contribution in [2.24, 2.45) is 11.7 Å². The minimum absolute atomic E-state index is 0.0396. The van der Waals surface area contributed by atoms with E-state index in [0.717, 1.165) is 19.4 Å². The number of hydrazine groups is 1. The average molecular weight is 320 g/mol. The first kappa shape index (κ1) is 16.5. The minimum Gasteiger partial charge on any atom is -0.358 e. The number of pyridine rings is 1. The molecule has 1 aromatic heterocycles. The summed E-state index contributed by atoms with van der Waals surface area (Å²) < 4.78 is 0. The molecule has 0 spiro atoms. The molecule has 8 heteroatoms. The first-order chi connectivity index (χ1) is 10.6. The topological polar surface area (TPSA) is 114 Å². The summed E-state index contributed by atoms with van der Waals surface area (Å²) in [5.41, 5.74) is 12.2.